The Bertz CT molecular complexity index is 751. The smallest absolute Gasteiger partial charge is 0.319 e. The third-order valence-corrected chi connectivity index (χ3v) is 4.12. The Balaban J connectivity index is 1.62. The molecule has 2 aromatic carbocycles. The lowest BCUT2D eigenvalue weighted by Crippen LogP contribution is -2.28. The fourth-order valence-electron chi connectivity index (χ4n) is 2.29. The number of ether oxygens (including phenoxy) is 3. The minimum Gasteiger partial charge on any atom is -0.497 e. The minimum atomic E-state index is -0.310. The van der Waals surface area contributed by atoms with Crippen molar-refractivity contribution in [2.45, 2.75) is 6.54 Å². The second kappa shape index (κ2) is 7.44. The van der Waals surface area contributed by atoms with E-state index in [0.717, 1.165) is 15.8 Å². The maximum atomic E-state index is 12.1. The van der Waals surface area contributed by atoms with E-state index in [1.165, 1.54) is 0 Å². The van der Waals surface area contributed by atoms with E-state index < -0.39 is 0 Å². The molecule has 24 heavy (non-hydrogen) atoms. The summed E-state index contributed by atoms with van der Waals surface area (Å²) < 4.78 is 16.9. The number of nitrogens with one attached hydrogen (secondary N) is 2. The Morgan fingerprint density at radius 3 is 2.71 bits per heavy atom. The van der Waals surface area contributed by atoms with E-state index in [-0.39, 0.29) is 6.03 Å². The molecule has 0 unspecified atom stereocenters. The van der Waals surface area contributed by atoms with Crippen LogP contribution in [0.1, 0.15) is 5.56 Å². The number of amides is 2. The van der Waals surface area contributed by atoms with Crippen LogP contribution in [0.25, 0.3) is 0 Å². The highest BCUT2D eigenvalue weighted by atomic mass is 79.9. The van der Waals surface area contributed by atoms with Crippen LogP contribution < -0.4 is 24.8 Å². The van der Waals surface area contributed by atoms with Crippen molar-refractivity contribution in [3.05, 3.63) is 46.4 Å². The number of hydrogen-bond acceptors (Lipinski definition) is 4. The fourth-order valence-corrected chi connectivity index (χ4v) is 2.71. The van der Waals surface area contributed by atoms with Gasteiger partial charge >= 0.3 is 6.03 Å². The quantitative estimate of drug-likeness (QED) is 0.834. The van der Waals surface area contributed by atoms with Crippen molar-refractivity contribution in [1.29, 1.82) is 0 Å². The van der Waals surface area contributed by atoms with Crippen LogP contribution in [0.2, 0.25) is 0 Å². The number of methoxy groups -OCH3 is 1. The molecule has 0 bridgehead atoms. The molecule has 2 N–H and O–H groups in total. The van der Waals surface area contributed by atoms with Gasteiger partial charge in [0.1, 0.15) is 19.0 Å². The van der Waals surface area contributed by atoms with Crippen LogP contribution in [0.4, 0.5) is 10.5 Å². The zero-order valence-corrected chi connectivity index (χ0v) is 14.7. The van der Waals surface area contributed by atoms with E-state index >= 15 is 0 Å². The number of carbonyl (C=O) groups excluding carboxylic acids is 1. The van der Waals surface area contributed by atoms with Crippen molar-refractivity contribution in [1.82, 2.24) is 5.32 Å². The molecule has 126 valence electrons. The van der Waals surface area contributed by atoms with Crippen molar-refractivity contribution in [2.75, 3.05) is 25.6 Å². The van der Waals surface area contributed by atoms with Gasteiger partial charge in [-0.2, -0.15) is 0 Å². The number of halogens is 1. The van der Waals surface area contributed by atoms with Crippen LogP contribution in [0, 0.1) is 0 Å². The average Bonchev–Trinajstić information content (AvgIpc) is 2.61. The number of benzene rings is 2. The SMILES string of the molecule is COc1cccc(CNC(=O)Nc2cc3c(cc2Br)OCCO3)c1. The molecule has 0 aliphatic carbocycles. The van der Waals surface area contributed by atoms with Gasteiger partial charge in [-0.05, 0) is 33.6 Å². The zero-order valence-electron chi connectivity index (χ0n) is 13.1. The van der Waals surface area contributed by atoms with E-state index in [9.17, 15) is 4.79 Å². The number of urea groups is 1. The van der Waals surface area contributed by atoms with E-state index in [4.69, 9.17) is 14.2 Å². The van der Waals surface area contributed by atoms with Gasteiger partial charge in [-0.3, -0.25) is 0 Å². The van der Waals surface area contributed by atoms with Gasteiger partial charge in [-0.1, -0.05) is 12.1 Å². The highest BCUT2D eigenvalue weighted by molar-refractivity contribution is 9.10. The molecular weight excluding hydrogens is 376 g/mol. The van der Waals surface area contributed by atoms with Gasteiger partial charge in [0.2, 0.25) is 0 Å². The molecule has 0 fully saturated rings. The molecule has 0 saturated carbocycles. The molecule has 0 aromatic heterocycles. The van der Waals surface area contributed by atoms with Crippen LogP contribution in [-0.4, -0.2) is 26.4 Å². The molecule has 2 amide bonds. The number of carbonyl (C=O) groups is 1. The van der Waals surface area contributed by atoms with Gasteiger partial charge in [-0.25, -0.2) is 4.79 Å². The predicted octanol–water partition coefficient (Wildman–Crippen LogP) is 3.55. The van der Waals surface area contributed by atoms with E-state index in [0.29, 0.717) is 36.9 Å². The predicted molar refractivity (Wildman–Crippen MR) is 94.0 cm³/mol. The van der Waals surface area contributed by atoms with Gasteiger partial charge in [-0.15, -0.1) is 0 Å². The third kappa shape index (κ3) is 3.91. The number of rotatable bonds is 4. The average molecular weight is 393 g/mol. The summed E-state index contributed by atoms with van der Waals surface area (Å²) in [6, 6.07) is 10.7. The van der Waals surface area contributed by atoms with Crippen LogP contribution in [0.15, 0.2) is 40.9 Å². The third-order valence-electron chi connectivity index (χ3n) is 3.47. The second-order valence-corrected chi connectivity index (χ2v) is 5.99. The molecule has 0 saturated heterocycles. The summed E-state index contributed by atoms with van der Waals surface area (Å²) in [6.07, 6.45) is 0. The Morgan fingerprint density at radius 1 is 1.21 bits per heavy atom. The molecule has 2 aromatic rings. The van der Waals surface area contributed by atoms with Crippen molar-refractivity contribution in [3.8, 4) is 17.2 Å². The van der Waals surface area contributed by atoms with Crippen molar-refractivity contribution >= 4 is 27.6 Å². The van der Waals surface area contributed by atoms with Gasteiger partial charge < -0.3 is 24.8 Å². The van der Waals surface area contributed by atoms with E-state index in [1.807, 2.05) is 24.3 Å². The molecule has 6 nitrogen and oxygen atoms in total. The summed E-state index contributed by atoms with van der Waals surface area (Å²) in [5.41, 5.74) is 1.56. The zero-order chi connectivity index (χ0) is 16.9. The summed E-state index contributed by atoms with van der Waals surface area (Å²) in [7, 11) is 1.61. The minimum absolute atomic E-state index is 0.310. The first-order valence-corrected chi connectivity index (χ1v) is 8.22. The molecular formula is C17H17BrN2O4. The molecule has 1 heterocycles. The Kier molecular flexibility index (Phi) is 5.10. The summed E-state index contributed by atoms with van der Waals surface area (Å²) in [5, 5.41) is 5.60. The topological polar surface area (TPSA) is 68.8 Å². The normalized spacial score (nSPS) is 12.4. The molecule has 1 aliphatic heterocycles. The highest BCUT2D eigenvalue weighted by Crippen LogP contribution is 2.38. The Labute approximate surface area is 148 Å². The monoisotopic (exact) mass is 392 g/mol. The lowest BCUT2D eigenvalue weighted by atomic mass is 10.2. The lowest BCUT2D eigenvalue weighted by Gasteiger charge is -2.20. The largest absolute Gasteiger partial charge is 0.497 e. The molecule has 0 spiro atoms. The van der Waals surface area contributed by atoms with Crippen LogP contribution in [-0.2, 0) is 6.54 Å². The number of fused-ring (bicyclic) bond motifs is 1. The fraction of sp³-hybridized carbons (Fsp3) is 0.235. The van der Waals surface area contributed by atoms with Gasteiger partial charge in [0.15, 0.2) is 11.5 Å². The molecule has 0 radical (unpaired) electrons. The number of hydrogen-bond donors (Lipinski definition) is 2. The molecule has 0 atom stereocenters. The van der Waals surface area contributed by atoms with Gasteiger partial charge in [0.25, 0.3) is 0 Å². The van der Waals surface area contributed by atoms with Crippen LogP contribution in [0.5, 0.6) is 17.2 Å². The van der Waals surface area contributed by atoms with E-state index in [2.05, 4.69) is 26.6 Å². The second-order valence-electron chi connectivity index (χ2n) is 5.13. The van der Waals surface area contributed by atoms with E-state index in [1.54, 1.807) is 19.2 Å². The van der Waals surface area contributed by atoms with Gasteiger partial charge in [0.05, 0.1) is 12.8 Å². The number of anilines is 1. The van der Waals surface area contributed by atoms with Crippen molar-refractivity contribution in [3.63, 3.8) is 0 Å². The molecule has 3 rings (SSSR count). The first-order chi connectivity index (χ1) is 11.7. The lowest BCUT2D eigenvalue weighted by molar-refractivity contribution is 0.171. The summed E-state index contributed by atoms with van der Waals surface area (Å²) in [5.74, 6) is 2.03. The first-order valence-electron chi connectivity index (χ1n) is 7.42. The molecule has 1 aliphatic rings. The molecule has 7 heteroatoms. The van der Waals surface area contributed by atoms with Crippen molar-refractivity contribution < 1.29 is 19.0 Å². The van der Waals surface area contributed by atoms with Crippen LogP contribution >= 0.6 is 15.9 Å². The maximum Gasteiger partial charge on any atom is 0.319 e. The maximum absolute atomic E-state index is 12.1. The van der Waals surface area contributed by atoms with Crippen LogP contribution in [0.3, 0.4) is 0 Å². The highest BCUT2D eigenvalue weighted by Gasteiger charge is 2.16. The first kappa shape index (κ1) is 16.4. The summed E-state index contributed by atoms with van der Waals surface area (Å²) in [4.78, 5) is 12.1. The van der Waals surface area contributed by atoms with Gasteiger partial charge in [0, 0.05) is 23.2 Å². The van der Waals surface area contributed by atoms with Crippen molar-refractivity contribution in [2.24, 2.45) is 0 Å². The standard InChI is InChI=1S/C17H17BrN2O4/c1-22-12-4-2-3-11(7-12)10-19-17(21)20-14-9-16-15(8-13(14)18)23-5-6-24-16/h2-4,7-9H,5-6,10H2,1H3,(H2,19,20,21). The summed E-state index contributed by atoms with van der Waals surface area (Å²) >= 11 is 3.42. The summed E-state index contributed by atoms with van der Waals surface area (Å²) in [6.45, 7) is 1.41. The Hall–Kier alpha value is -2.41. The Morgan fingerprint density at radius 2 is 1.96 bits per heavy atom.